The minimum Gasteiger partial charge on any atom is -0.444 e. The number of guanidine groups is 1. The number of alkyl carbamates (subject to hydrolysis) is 1. The van der Waals surface area contributed by atoms with Gasteiger partial charge in [-0.3, -0.25) is 4.99 Å². The molecule has 1 aromatic rings. The van der Waals surface area contributed by atoms with Crippen molar-refractivity contribution in [3.05, 3.63) is 24.4 Å². The van der Waals surface area contributed by atoms with Crippen molar-refractivity contribution in [1.82, 2.24) is 20.5 Å². The number of pyridine rings is 1. The van der Waals surface area contributed by atoms with Crippen LogP contribution < -0.4 is 15.5 Å². The lowest BCUT2D eigenvalue weighted by atomic mass is 10.0. The van der Waals surface area contributed by atoms with Crippen LogP contribution in [0.15, 0.2) is 29.4 Å². The third-order valence-electron chi connectivity index (χ3n) is 4.75. The predicted octanol–water partition coefficient (Wildman–Crippen LogP) is 2.95. The number of amides is 1. The number of nitrogens with zero attached hydrogens (tertiary/aromatic N) is 4. The minimum absolute atomic E-state index is 0. The quantitative estimate of drug-likeness (QED) is 0.345. The first-order chi connectivity index (χ1) is 13.7. The fraction of sp³-hybridized carbons (Fsp3) is 0.667. The minimum atomic E-state index is -0.512. The van der Waals surface area contributed by atoms with Crippen LogP contribution in [0.1, 0.15) is 34.6 Å². The Bertz CT molecular complexity index is 670. The Morgan fingerprint density at radius 3 is 2.40 bits per heavy atom. The Morgan fingerprint density at radius 2 is 1.90 bits per heavy atom. The molecule has 1 aliphatic heterocycles. The summed E-state index contributed by atoms with van der Waals surface area (Å²) in [6, 6.07) is 5.93. The Balaban J connectivity index is 0.00000450. The number of piperazine rings is 1. The van der Waals surface area contributed by atoms with Gasteiger partial charge in [-0.05, 0) is 38.8 Å². The monoisotopic (exact) mass is 532 g/mol. The number of carbonyl (C=O) groups excluding carboxylic acids is 1. The largest absolute Gasteiger partial charge is 0.444 e. The van der Waals surface area contributed by atoms with Crippen LogP contribution in [-0.2, 0) is 4.74 Å². The second kappa shape index (κ2) is 12.2. The van der Waals surface area contributed by atoms with E-state index in [-0.39, 0.29) is 35.9 Å². The molecule has 1 amide bonds. The Labute approximate surface area is 197 Å². The summed E-state index contributed by atoms with van der Waals surface area (Å²) in [5, 5.41) is 6.39. The molecular weight excluding hydrogens is 495 g/mol. The van der Waals surface area contributed by atoms with Crippen LogP contribution in [0, 0.1) is 5.92 Å². The number of halogens is 1. The summed E-state index contributed by atoms with van der Waals surface area (Å²) in [5.74, 6) is 2.12. The Kier molecular flexibility index (Phi) is 10.6. The zero-order valence-electron chi connectivity index (χ0n) is 19.0. The van der Waals surface area contributed by atoms with Gasteiger partial charge in [0.2, 0.25) is 0 Å². The highest BCUT2D eigenvalue weighted by Gasteiger charge is 2.24. The first-order valence-corrected chi connectivity index (χ1v) is 10.3. The summed E-state index contributed by atoms with van der Waals surface area (Å²) in [6.07, 6.45) is 1.43. The van der Waals surface area contributed by atoms with Crippen molar-refractivity contribution in [3.8, 4) is 0 Å². The van der Waals surface area contributed by atoms with Gasteiger partial charge in [-0.15, -0.1) is 24.0 Å². The second-order valence-corrected chi connectivity index (χ2v) is 8.59. The van der Waals surface area contributed by atoms with Crippen molar-refractivity contribution in [1.29, 1.82) is 0 Å². The zero-order chi connectivity index (χ0) is 21.4. The molecule has 0 radical (unpaired) electrons. The summed E-state index contributed by atoms with van der Waals surface area (Å²) in [7, 11) is 1.79. The fourth-order valence-electron chi connectivity index (χ4n) is 3.13. The molecule has 0 aromatic carbocycles. The summed E-state index contributed by atoms with van der Waals surface area (Å²) >= 11 is 0. The van der Waals surface area contributed by atoms with Crippen LogP contribution in [0.4, 0.5) is 10.6 Å². The van der Waals surface area contributed by atoms with Crippen LogP contribution in [0.5, 0.6) is 0 Å². The van der Waals surface area contributed by atoms with Gasteiger partial charge in [-0.25, -0.2) is 9.78 Å². The molecule has 0 bridgehead atoms. The number of anilines is 1. The molecule has 1 aliphatic rings. The molecule has 0 spiro atoms. The number of nitrogens with one attached hydrogen (secondary N) is 2. The lowest BCUT2D eigenvalue weighted by Crippen LogP contribution is -2.55. The van der Waals surface area contributed by atoms with E-state index in [1.54, 1.807) is 7.05 Å². The summed E-state index contributed by atoms with van der Waals surface area (Å²) in [5.41, 5.74) is -0.512. The van der Waals surface area contributed by atoms with E-state index in [1.165, 1.54) is 0 Å². The second-order valence-electron chi connectivity index (χ2n) is 8.59. The molecule has 1 atom stereocenters. The van der Waals surface area contributed by atoms with Crippen molar-refractivity contribution in [2.45, 2.75) is 46.3 Å². The molecule has 30 heavy (non-hydrogen) atoms. The Hall–Kier alpha value is -1.78. The lowest BCUT2D eigenvalue weighted by molar-refractivity contribution is 0.0491. The molecule has 0 saturated carbocycles. The van der Waals surface area contributed by atoms with Gasteiger partial charge < -0.3 is 25.2 Å². The van der Waals surface area contributed by atoms with Gasteiger partial charge in [0.1, 0.15) is 11.4 Å². The fourth-order valence-corrected chi connectivity index (χ4v) is 3.13. The smallest absolute Gasteiger partial charge is 0.407 e. The average Bonchev–Trinajstić information content (AvgIpc) is 2.67. The van der Waals surface area contributed by atoms with Gasteiger partial charge in [-0.2, -0.15) is 0 Å². The predicted molar refractivity (Wildman–Crippen MR) is 133 cm³/mol. The van der Waals surface area contributed by atoms with E-state index in [0.29, 0.717) is 6.54 Å². The van der Waals surface area contributed by atoms with Gasteiger partial charge in [0.25, 0.3) is 0 Å². The molecule has 8 nitrogen and oxygen atoms in total. The molecule has 1 fully saturated rings. The summed E-state index contributed by atoms with van der Waals surface area (Å²) in [4.78, 5) is 25.5. The molecule has 1 aromatic heterocycles. The van der Waals surface area contributed by atoms with Gasteiger partial charge >= 0.3 is 6.09 Å². The number of hydrogen-bond donors (Lipinski definition) is 2. The molecule has 170 valence electrons. The van der Waals surface area contributed by atoms with E-state index >= 15 is 0 Å². The number of hydrogen-bond acceptors (Lipinski definition) is 5. The molecule has 2 heterocycles. The third kappa shape index (κ3) is 8.53. The molecular formula is C21H37IN6O2. The van der Waals surface area contributed by atoms with Crippen molar-refractivity contribution in [3.63, 3.8) is 0 Å². The normalized spacial score (nSPS) is 16.0. The Morgan fingerprint density at radius 1 is 1.23 bits per heavy atom. The molecule has 2 N–H and O–H groups in total. The molecule has 1 unspecified atom stereocenters. The van der Waals surface area contributed by atoms with Crippen molar-refractivity contribution in [2.24, 2.45) is 10.9 Å². The highest BCUT2D eigenvalue weighted by Crippen LogP contribution is 2.13. The SMILES string of the molecule is CN=C(NCC(NC(=O)OC(C)(C)C)C(C)C)N1CCN(c2ccccn2)CC1.I. The van der Waals surface area contributed by atoms with Crippen LogP contribution >= 0.6 is 24.0 Å². The number of carbonyl (C=O) groups is 1. The summed E-state index contributed by atoms with van der Waals surface area (Å²) in [6.45, 7) is 13.8. The van der Waals surface area contributed by atoms with Gasteiger partial charge in [0, 0.05) is 46.0 Å². The van der Waals surface area contributed by atoms with Crippen molar-refractivity contribution < 1.29 is 9.53 Å². The van der Waals surface area contributed by atoms with Crippen LogP contribution in [-0.4, -0.2) is 73.4 Å². The van der Waals surface area contributed by atoms with Crippen LogP contribution in [0.2, 0.25) is 0 Å². The molecule has 1 saturated heterocycles. The maximum atomic E-state index is 12.1. The standard InChI is InChI=1S/C21H36N6O2.HI/c1-16(2)17(25-20(28)29-21(3,4)5)15-24-19(22-6)27-13-11-26(12-14-27)18-9-7-8-10-23-18;/h7-10,16-17H,11-15H2,1-6H3,(H,22,24)(H,25,28);1H. The third-order valence-corrected chi connectivity index (χ3v) is 4.75. The number of aliphatic imine (C=N–C) groups is 1. The topological polar surface area (TPSA) is 82.1 Å². The number of ether oxygens (including phenoxy) is 1. The van der Waals surface area contributed by atoms with Crippen molar-refractivity contribution in [2.75, 3.05) is 44.7 Å². The van der Waals surface area contributed by atoms with E-state index in [2.05, 4.69) is 44.3 Å². The maximum Gasteiger partial charge on any atom is 0.407 e. The van der Waals surface area contributed by atoms with Gasteiger partial charge in [0.15, 0.2) is 5.96 Å². The summed E-state index contributed by atoms with van der Waals surface area (Å²) < 4.78 is 5.39. The van der Waals surface area contributed by atoms with E-state index in [4.69, 9.17) is 4.74 Å². The molecule has 2 rings (SSSR count). The lowest BCUT2D eigenvalue weighted by Gasteiger charge is -2.37. The van der Waals surface area contributed by atoms with Gasteiger partial charge in [0.05, 0.1) is 6.04 Å². The molecule has 9 heteroatoms. The average molecular weight is 532 g/mol. The highest BCUT2D eigenvalue weighted by molar-refractivity contribution is 14.0. The maximum absolute atomic E-state index is 12.1. The van der Waals surface area contributed by atoms with E-state index in [9.17, 15) is 4.79 Å². The van der Waals surface area contributed by atoms with Crippen LogP contribution in [0.3, 0.4) is 0 Å². The first-order valence-electron chi connectivity index (χ1n) is 10.3. The number of aromatic nitrogens is 1. The van der Waals surface area contributed by atoms with E-state index in [1.807, 2.05) is 45.2 Å². The van der Waals surface area contributed by atoms with E-state index < -0.39 is 11.7 Å². The number of rotatable bonds is 5. The first kappa shape index (κ1) is 26.3. The van der Waals surface area contributed by atoms with Crippen LogP contribution in [0.25, 0.3) is 0 Å². The highest BCUT2D eigenvalue weighted by atomic mass is 127. The van der Waals surface area contributed by atoms with E-state index in [0.717, 1.165) is 38.0 Å². The van der Waals surface area contributed by atoms with Crippen molar-refractivity contribution >= 4 is 41.8 Å². The molecule has 0 aliphatic carbocycles. The zero-order valence-corrected chi connectivity index (χ0v) is 21.3. The van der Waals surface area contributed by atoms with Gasteiger partial charge in [-0.1, -0.05) is 19.9 Å².